The van der Waals surface area contributed by atoms with E-state index in [9.17, 15) is 0 Å². The predicted octanol–water partition coefficient (Wildman–Crippen LogP) is 5.81. The third kappa shape index (κ3) is 3.22. The summed E-state index contributed by atoms with van der Waals surface area (Å²) in [7, 11) is 0. The van der Waals surface area contributed by atoms with Gasteiger partial charge in [0, 0.05) is 0 Å². The lowest BCUT2D eigenvalue weighted by Gasteiger charge is -2.06. The van der Waals surface area contributed by atoms with Gasteiger partial charge in [-0.2, -0.15) is 0 Å². The largest absolute Gasteiger partial charge is 0.0779 e. The van der Waals surface area contributed by atoms with E-state index in [2.05, 4.69) is 92.8 Å². The molecule has 2 aromatic carbocycles. The second kappa shape index (κ2) is 5.97. The van der Waals surface area contributed by atoms with Crippen molar-refractivity contribution in [2.24, 2.45) is 5.92 Å². The van der Waals surface area contributed by atoms with E-state index in [0.717, 1.165) is 0 Å². The summed E-state index contributed by atoms with van der Waals surface area (Å²) in [6, 6.07) is 17.5. The van der Waals surface area contributed by atoms with E-state index < -0.39 is 0 Å². The fraction of sp³-hybridized carbons (Fsp3) is 0.143. The zero-order valence-corrected chi connectivity index (χ0v) is 12.6. The number of allylic oxidation sites excluding steroid dienone is 6. The maximum absolute atomic E-state index is 2.24. The molecule has 0 saturated heterocycles. The van der Waals surface area contributed by atoms with Gasteiger partial charge >= 0.3 is 0 Å². The van der Waals surface area contributed by atoms with Crippen LogP contribution in [0.5, 0.6) is 0 Å². The van der Waals surface area contributed by atoms with Gasteiger partial charge in [-0.15, -0.1) is 0 Å². The molecule has 0 saturated carbocycles. The summed E-state index contributed by atoms with van der Waals surface area (Å²) < 4.78 is 0. The van der Waals surface area contributed by atoms with E-state index in [0.29, 0.717) is 5.92 Å². The molecule has 1 unspecified atom stereocenters. The van der Waals surface area contributed by atoms with Crippen molar-refractivity contribution < 1.29 is 0 Å². The molecule has 3 rings (SSSR count). The van der Waals surface area contributed by atoms with Crippen LogP contribution >= 0.6 is 0 Å². The Labute approximate surface area is 127 Å². The highest BCUT2D eigenvalue weighted by Gasteiger charge is 2.02. The second-order valence-corrected chi connectivity index (χ2v) is 5.67. The van der Waals surface area contributed by atoms with Crippen LogP contribution in [0.2, 0.25) is 0 Å². The first-order valence-electron chi connectivity index (χ1n) is 7.46. The van der Waals surface area contributed by atoms with E-state index in [1.54, 1.807) is 0 Å². The number of aryl methyl sites for hydroxylation is 1. The van der Waals surface area contributed by atoms with Crippen molar-refractivity contribution >= 4 is 5.57 Å². The van der Waals surface area contributed by atoms with Crippen molar-refractivity contribution in [2.75, 3.05) is 0 Å². The summed E-state index contributed by atoms with van der Waals surface area (Å²) in [6.45, 7) is 4.32. The Morgan fingerprint density at radius 3 is 1.95 bits per heavy atom. The van der Waals surface area contributed by atoms with Gasteiger partial charge in [0.05, 0.1) is 0 Å². The molecule has 104 valence electrons. The van der Waals surface area contributed by atoms with Crippen LogP contribution < -0.4 is 0 Å². The van der Waals surface area contributed by atoms with Crippen LogP contribution in [-0.2, 0) is 0 Å². The third-order valence-electron chi connectivity index (χ3n) is 3.87. The Kier molecular flexibility index (Phi) is 3.87. The Hall–Kier alpha value is -2.34. The summed E-state index contributed by atoms with van der Waals surface area (Å²) in [5.41, 5.74) is 6.36. The van der Waals surface area contributed by atoms with Crippen LogP contribution in [0.1, 0.15) is 18.1 Å². The second-order valence-electron chi connectivity index (χ2n) is 5.67. The molecule has 2 aromatic rings. The molecule has 0 heteroatoms. The highest BCUT2D eigenvalue weighted by molar-refractivity contribution is 5.77. The van der Waals surface area contributed by atoms with Crippen LogP contribution in [0.25, 0.3) is 16.7 Å². The molecule has 0 fully saturated rings. The molecule has 0 aliphatic heterocycles. The van der Waals surface area contributed by atoms with Gasteiger partial charge in [0.1, 0.15) is 0 Å². The van der Waals surface area contributed by atoms with Gasteiger partial charge in [-0.05, 0) is 35.1 Å². The summed E-state index contributed by atoms with van der Waals surface area (Å²) in [5, 5.41) is 0. The van der Waals surface area contributed by atoms with Crippen molar-refractivity contribution in [3.63, 3.8) is 0 Å². The topological polar surface area (TPSA) is 0 Å². The van der Waals surface area contributed by atoms with E-state index in [4.69, 9.17) is 0 Å². The number of hydrogen-bond donors (Lipinski definition) is 0. The minimum Gasteiger partial charge on any atom is -0.0779 e. The van der Waals surface area contributed by atoms with E-state index in [1.807, 2.05) is 0 Å². The van der Waals surface area contributed by atoms with Gasteiger partial charge < -0.3 is 0 Å². The fourth-order valence-corrected chi connectivity index (χ4v) is 2.50. The van der Waals surface area contributed by atoms with Crippen LogP contribution in [0.15, 0.2) is 78.9 Å². The van der Waals surface area contributed by atoms with Crippen molar-refractivity contribution in [3.05, 3.63) is 90.0 Å². The van der Waals surface area contributed by atoms with Gasteiger partial charge in [0.15, 0.2) is 0 Å². The Balaban J connectivity index is 1.87. The Morgan fingerprint density at radius 2 is 1.29 bits per heavy atom. The lowest BCUT2D eigenvalue weighted by atomic mass is 9.99. The Bertz CT molecular complexity index is 695. The zero-order chi connectivity index (χ0) is 14.7. The minimum atomic E-state index is 0.505. The van der Waals surface area contributed by atoms with E-state index >= 15 is 0 Å². The molecule has 0 N–H and O–H groups in total. The molecular formula is C21H20. The van der Waals surface area contributed by atoms with Crippen molar-refractivity contribution in [1.29, 1.82) is 0 Å². The molecule has 0 nitrogen and oxygen atoms in total. The number of hydrogen-bond acceptors (Lipinski definition) is 0. The molecule has 0 radical (unpaired) electrons. The van der Waals surface area contributed by atoms with Gasteiger partial charge in [-0.1, -0.05) is 91.4 Å². The normalized spacial score (nSPS) is 17.4. The zero-order valence-electron chi connectivity index (χ0n) is 12.6. The highest BCUT2D eigenvalue weighted by Crippen LogP contribution is 2.25. The minimum absolute atomic E-state index is 0.505. The Morgan fingerprint density at radius 1 is 0.714 bits per heavy atom. The molecule has 1 aliphatic carbocycles. The number of rotatable bonds is 2. The van der Waals surface area contributed by atoms with E-state index in [-0.39, 0.29) is 0 Å². The van der Waals surface area contributed by atoms with Crippen molar-refractivity contribution in [2.45, 2.75) is 13.8 Å². The molecule has 1 aliphatic rings. The first-order valence-corrected chi connectivity index (χ1v) is 7.46. The smallest absolute Gasteiger partial charge is 0.00754 e. The van der Waals surface area contributed by atoms with Gasteiger partial charge in [0.2, 0.25) is 0 Å². The predicted molar refractivity (Wildman–Crippen MR) is 92.0 cm³/mol. The maximum atomic E-state index is 2.24. The average molecular weight is 272 g/mol. The molecule has 0 spiro atoms. The molecule has 0 heterocycles. The van der Waals surface area contributed by atoms with Crippen LogP contribution in [0, 0.1) is 12.8 Å². The van der Waals surface area contributed by atoms with Gasteiger partial charge in [-0.25, -0.2) is 0 Å². The molecule has 1 atom stereocenters. The molecule has 0 aromatic heterocycles. The molecular weight excluding hydrogens is 252 g/mol. The van der Waals surface area contributed by atoms with Crippen molar-refractivity contribution in [3.8, 4) is 11.1 Å². The first kappa shape index (κ1) is 13.6. The lowest BCUT2D eigenvalue weighted by Crippen LogP contribution is -1.83. The molecule has 0 bridgehead atoms. The summed E-state index contributed by atoms with van der Waals surface area (Å²) in [4.78, 5) is 0. The van der Waals surface area contributed by atoms with Crippen LogP contribution in [0.4, 0.5) is 0 Å². The van der Waals surface area contributed by atoms with Gasteiger partial charge in [-0.3, -0.25) is 0 Å². The molecule has 0 amide bonds. The SMILES string of the molecule is Cc1ccc(-c2ccc(C3=CC=CC(C)C=C3)cc2)cc1. The van der Waals surface area contributed by atoms with Gasteiger partial charge in [0.25, 0.3) is 0 Å². The summed E-state index contributed by atoms with van der Waals surface area (Å²) in [5.74, 6) is 0.505. The summed E-state index contributed by atoms with van der Waals surface area (Å²) >= 11 is 0. The quantitative estimate of drug-likeness (QED) is 0.647. The average Bonchev–Trinajstić information content (AvgIpc) is 2.73. The third-order valence-corrected chi connectivity index (χ3v) is 3.87. The monoisotopic (exact) mass is 272 g/mol. The van der Waals surface area contributed by atoms with Crippen LogP contribution in [0.3, 0.4) is 0 Å². The van der Waals surface area contributed by atoms with E-state index in [1.165, 1.54) is 27.8 Å². The number of benzene rings is 2. The lowest BCUT2D eigenvalue weighted by molar-refractivity contribution is 0.943. The van der Waals surface area contributed by atoms with Crippen molar-refractivity contribution in [1.82, 2.24) is 0 Å². The first-order chi connectivity index (χ1) is 10.2. The fourth-order valence-electron chi connectivity index (χ4n) is 2.50. The maximum Gasteiger partial charge on any atom is -0.00754 e. The highest BCUT2D eigenvalue weighted by atomic mass is 14.1. The van der Waals surface area contributed by atoms with Crippen LogP contribution in [-0.4, -0.2) is 0 Å². The summed E-state index contributed by atoms with van der Waals surface area (Å²) in [6.07, 6.45) is 11.0. The standard InChI is InChI=1S/C21H20/c1-16-4-3-5-18(9-6-16)20-12-14-21(15-13-20)19-10-7-17(2)8-11-19/h3-16H,1-2H3. The molecule has 21 heavy (non-hydrogen) atoms.